The van der Waals surface area contributed by atoms with Crippen LogP contribution in [0, 0.1) is 12.8 Å². The summed E-state index contributed by atoms with van der Waals surface area (Å²) >= 11 is 0. The molecule has 0 spiro atoms. The van der Waals surface area contributed by atoms with Crippen LogP contribution in [0.1, 0.15) is 37.8 Å². The molecule has 80 valence electrons. The summed E-state index contributed by atoms with van der Waals surface area (Å²) in [6.45, 7) is 11.0. The van der Waals surface area contributed by atoms with Gasteiger partial charge in [0.15, 0.2) is 0 Å². The Bertz CT molecular complexity index is 372. The van der Waals surface area contributed by atoms with Gasteiger partial charge in [-0.3, -0.25) is 0 Å². The van der Waals surface area contributed by atoms with Gasteiger partial charge in [0.25, 0.3) is 0 Å². The second kappa shape index (κ2) is 3.52. The van der Waals surface area contributed by atoms with E-state index in [-0.39, 0.29) is 0 Å². The first kappa shape index (κ1) is 10.5. The second-order valence-corrected chi connectivity index (χ2v) is 5.16. The van der Waals surface area contributed by atoms with Gasteiger partial charge in [0.05, 0.1) is 0 Å². The number of hydrogen-bond donors (Lipinski definition) is 0. The molecular formula is C15H20. The van der Waals surface area contributed by atoms with Gasteiger partial charge < -0.3 is 0 Å². The van der Waals surface area contributed by atoms with Crippen molar-refractivity contribution in [3.05, 3.63) is 47.5 Å². The zero-order chi connectivity index (χ0) is 11.1. The van der Waals surface area contributed by atoms with Crippen LogP contribution < -0.4 is 0 Å². The van der Waals surface area contributed by atoms with Gasteiger partial charge in [0.2, 0.25) is 0 Å². The summed E-state index contributed by atoms with van der Waals surface area (Å²) in [6, 6.07) is 9.00. The Labute approximate surface area is 93.0 Å². The van der Waals surface area contributed by atoms with Gasteiger partial charge in [-0.05, 0) is 36.7 Å². The summed E-state index contributed by atoms with van der Waals surface area (Å²) in [5.41, 5.74) is 4.54. The van der Waals surface area contributed by atoms with Gasteiger partial charge in [0, 0.05) is 0 Å². The largest absolute Gasteiger partial charge is 0.0996 e. The molecule has 2 rings (SSSR count). The van der Waals surface area contributed by atoms with E-state index in [1.165, 1.54) is 29.5 Å². The van der Waals surface area contributed by atoms with Gasteiger partial charge in [-0.15, -0.1) is 0 Å². The lowest BCUT2D eigenvalue weighted by atomic mass is 9.74. The molecule has 0 heterocycles. The van der Waals surface area contributed by atoms with E-state index in [1.807, 2.05) is 0 Å². The molecule has 0 amide bonds. The van der Waals surface area contributed by atoms with Crippen LogP contribution in [-0.2, 0) is 5.41 Å². The highest BCUT2D eigenvalue weighted by molar-refractivity contribution is 5.33. The van der Waals surface area contributed by atoms with Crippen molar-refractivity contribution in [2.45, 2.75) is 39.0 Å². The predicted molar refractivity (Wildman–Crippen MR) is 66.1 cm³/mol. The van der Waals surface area contributed by atoms with Crippen LogP contribution in [-0.4, -0.2) is 0 Å². The molecule has 0 nitrogen and oxygen atoms in total. The first-order valence-electron chi connectivity index (χ1n) is 5.79. The lowest BCUT2D eigenvalue weighted by Crippen LogP contribution is -2.25. The van der Waals surface area contributed by atoms with Gasteiger partial charge in [-0.25, -0.2) is 0 Å². The standard InChI is InChI=1S/C15H20/c1-11-5-7-14(8-6-11)15(4)10-9-12(2)13(15)3/h5-8,13H,2,9-10H2,1,3-4H3/t13-,15+/m0/s1. The lowest BCUT2D eigenvalue weighted by Gasteiger charge is -2.30. The Balaban J connectivity index is 2.38. The van der Waals surface area contributed by atoms with Gasteiger partial charge >= 0.3 is 0 Å². The fraction of sp³-hybridized carbons (Fsp3) is 0.467. The summed E-state index contributed by atoms with van der Waals surface area (Å²) < 4.78 is 0. The monoisotopic (exact) mass is 200 g/mol. The van der Waals surface area contributed by atoms with Gasteiger partial charge in [-0.2, -0.15) is 0 Å². The maximum Gasteiger partial charge on any atom is -0.000960 e. The molecule has 1 aliphatic rings. The molecule has 1 fully saturated rings. The molecule has 0 radical (unpaired) electrons. The van der Waals surface area contributed by atoms with Crippen LogP contribution in [0.5, 0.6) is 0 Å². The smallest absolute Gasteiger partial charge is 0.000960 e. The first-order valence-corrected chi connectivity index (χ1v) is 5.79. The van der Waals surface area contributed by atoms with E-state index < -0.39 is 0 Å². The zero-order valence-corrected chi connectivity index (χ0v) is 10.0. The van der Waals surface area contributed by atoms with Crippen LogP contribution in [0.4, 0.5) is 0 Å². The van der Waals surface area contributed by atoms with Crippen LogP contribution in [0.25, 0.3) is 0 Å². The molecule has 0 N–H and O–H groups in total. The van der Waals surface area contributed by atoms with E-state index in [2.05, 4.69) is 51.6 Å². The molecule has 0 aromatic heterocycles. The van der Waals surface area contributed by atoms with Crippen molar-refractivity contribution in [2.75, 3.05) is 0 Å². The molecule has 0 heteroatoms. The SMILES string of the molecule is C=C1CC[C@@](C)(c2ccc(C)cc2)[C@H]1C. The number of allylic oxidation sites excluding steroid dienone is 1. The molecule has 0 saturated heterocycles. The number of aryl methyl sites for hydroxylation is 1. The summed E-state index contributed by atoms with van der Waals surface area (Å²) in [6.07, 6.45) is 2.43. The second-order valence-electron chi connectivity index (χ2n) is 5.16. The Morgan fingerprint density at radius 2 is 1.87 bits per heavy atom. The topological polar surface area (TPSA) is 0 Å². The minimum atomic E-state index is 0.310. The third-order valence-corrected chi connectivity index (χ3v) is 4.24. The molecule has 0 unspecified atom stereocenters. The van der Waals surface area contributed by atoms with Crippen molar-refractivity contribution in [3.63, 3.8) is 0 Å². The molecule has 1 aromatic rings. The first-order chi connectivity index (χ1) is 7.04. The number of rotatable bonds is 1. The van der Waals surface area contributed by atoms with Crippen LogP contribution in [0.2, 0.25) is 0 Å². The Kier molecular flexibility index (Phi) is 2.46. The van der Waals surface area contributed by atoms with E-state index in [9.17, 15) is 0 Å². The Morgan fingerprint density at radius 3 is 2.33 bits per heavy atom. The lowest BCUT2D eigenvalue weighted by molar-refractivity contribution is 0.397. The van der Waals surface area contributed by atoms with Crippen molar-refractivity contribution < 1.29 is 0 Å². The van der Waals surface area contributed by atoms with Crippen molar-refractivity contribution >= 4 is 0 Å². The van der Waals surface area contributed by atoms with E-state index in [1.54, 1.807) is 0 Å². The fourth-order valence-electron chi connectivity index (χ4n) is 2.63. The summed E-state index contributed by atoms with van der Waals surface area (Å²) in [5, 5.41) is 0. The van der Waals surface area contributed by atoms with Crippen molar-refractivity contribution in [1.82, 2.24) is 0 Å². The van der Waals surface area contributed by atoms with Crippen LogP contribution in [0.3, 0.4) is 0 Å². The zero-order valence-electron chi connectivity index (χ0n) is 10.0. The van der Waals surface area contributed by atoms with E-state index in [0.717, 1.165) is 0 Å². The van der Waals surface area contributed by atoms with Crippen LogP contribution >= 0.6 is 0 Å². The minimum absolute atomic E-state index is 0.310. The molecule has 0 bridgehead atoms. The summed E-state index contributed by atoms with van der Waals surface area (Å²) in [4.78, 5) is 0. The third kappa shape index (κ3) is 1.62. The quantitative estimate of drug-likeness (QED) is 0.595. The Hall–Kier alpha value is -1.04. The average molecular weight is 200 g/mol. The summed E-state index contributed by atoms with van der Waals surface area (Å²) in [5.74, 6) is 0.611. The normalized spacial score (nSPS) is 30.9. The molecule has 1 saturated carbocycles. The van der Waals surface area contributed by atoms with E-state index in [0.29, 0.717) is 11.3 Å². The van der Waals surface area contributed by atoms with Crippen LogP contribution in [0.15, 0.2) is 36.4 Å². The highest BCUT2D eigenvalue weighted by Gasteiger charge is 2.39. The molecule has 15 heavy (non-hydrogen) atoms. The molecule has 0 aliphatic heterocycles. The van der Waals surface area contributed by atoms with Crippen molar-refractivity contribution in [3.8, 4) is 0 Å². The average Bonchev–Trinajstić information content (AvgIpc) is 2.48. The van der Waals surface area contributed by atoms with Crippen molar-refractivity contribution in [1.29, 1.82) is 0 Å². The van der Waals surface area contributed by atoms with Crippen molar-refractivity contribution in [2.24, 2.45) is 5.92 Å². The summed E-state index contributed by atoms with van der Waals surface area (Å²) in [7, 11) is 0. The van der Waals surface area contributed by atoms with Gasteiger partial charge in [-0.1, -0.05) is 55.8 Å². The molecule has 1 aliphatic carbocycles. The molecule has 2 atom stereocenters. The Morgan fingerprint density at radius 1 is 1.27 bits per heavy atom. The maximum absolute atomic E-state index is 4.17. The molecular weight excluding hydrogens is 180 g/mol. The highest BCUT2D eigenvalue weighted by atomic mass is 14.4. The van der Waals surface area contributed by atoms with Gasteiger partial charge in [0.1, 0.15) is 0 Å². The minimum Gasteiger partial charge on any atom is -0.0996 e. The van der Waals surface area contributed by atoms with E-state index >= 15 is 0 Å². The van der Waals surface area contributed by atoms with E-state index in [4.69, 9.17) is 0 Å². The highest BCUT2D eigenvalue weighted by Crippen LogP contribution is 2.47. The maximum atomic E-state index is 4.17. The third-order valence-electron chi connectivity index (χ3n) is 4.24. The molecule has 1 aromatic carbocycles. The number of hydrogen-bond acceptors (Lipinski definition) is 0. The predicted octanol–water partition coefficient (Wildman–Crippen LogP) is 4.24. The fourth-order valence-corrected chi connectivity index (χ4v) is 2.63. The number of benzene rings is 1.